The molecule has 0 unspecified atom stereocenters. The first-order chi connectivity index (χ1) is 11.1. The fraction of sp³-hybridized carbons (Fsp3) is 0.412. The number of hydrogen-bond donors (Lipinski definition) is 1. The number of aryl methyl sites for hydroxylation is 1. The van der Waals surface area contributed by atoms with Gasteiger partial charge in [-0.25, -0.2) is 0 Å². The van der Waals surface area contributed by atoms with Crippen LogP contribution >= 0.6 is 15.9 Å². The number of hydrogen-bond acceptors (Lipinski definition) is 4. The summed E-state index contributed by atoms with van der Waals surface area (Å²) in [6.45, 7) is 6.80. The molecule has 1 aliphatic rings. The lowest BCUT2D eigenvalue weighted by Gasteiger charge is -2.26. The third kappa shape index (κ3) is 4.07. The number of rotatable bonds is 4. The van der Waals surface area contributed by atoms with Crippen molar-refractivity contribution in [3.63, 3.8) is 0 Å². The minimum Gasteiger partial charge on any atom is -0.379 e. The highest BCUT2D eigenvalue weighted by atomic mass is 79.9. The monoisotopic (exact) mass is 377 g/mol. The lowest BCUT2D eigenvalue weighted by atomic mass is 10.1. The predicted molar refractivity (Wildman–Crippen MR) is 93.8 cm³/mol. The Morgan fingerprint density at radius 2 is 2.13 bits per heavy atom. The van der Waals surface area contributed by atoms with Gasteiger partial charge in [-0.05, 0) is 31.2 Å². The van der Waals surface area contributed by atoms with E-state index in [-0.39, 0.29) is 5.91 Å². The van der Waals surface area contributed by atoms with Crippen LogP contribution in [0.15, 0.2) is 28.7 Å². The van der Waals surface area contributed by atoms with Gasteiger partial charge in [-0.3, -0.25) is 14.7 Å². The van der Waals surface area contributed by atoms with E-state index in [1.54, 1.807) is 0 Å². The smallest absolute Gasteiger partial charge is 0.252 e. The van der Waals surface area contributed by atoms with Gasteiger partial charge < -0.3 is 10.1 Å². The third-order valence-electron chi connectivity index (χ3n) is 3.96. The van der Waals surface area contributed by atoms with Crippen LogP contribution < -0.4 is 5.32 Å². The van der Waals surface area contributed by atoms with Crippen LogP contribution in [-0.4, -0.2) is 55.2 Å². The minimum absolute atomic E-state index is 0.0492. The van der Waals surface area contributed by atoms with Gasteiger partial charge >= 0.3 is 0 Å². The fourth-order valence-electron chi connectivity index (χ4n) is 2.77. The average Bonchev–Trinajstić information content (AvgIpc) is 2.55. The number of halogens is 1. The van der Waals surface area contributed by atoms with Crippen molar-refractivity contribution >= 4 is 32.7 Å². The summed E-state index contributed by atoms with van der Waals surface area (Å²) in [4.78, 5) is 19.4. The lowest BCUT2D eigenvalue weighted by molar-refractivity contribution is 0.0383. The van der Waals surface area contributed by atoms with E-state index in [9.17, 15) is 4.79 Å². The maximum absolute atomic E-state index is 12.6. The van der Waals surface area contributed by atoms with Crippen molar-refractivity contribution in [1.29, 1.82) is 0 Å². The Morgan fingerprint density at radius 3 is 2.91 bits per heavy atom. The highest BCUT2D eigenvalue weighted by Crippen LogP contribution is 2.22. The Morgan fingerprint density at radius 1 is 1.35 bits per heavy atom. The molecule has 1 N–H and O–H groups in total. The zero-order valence-corrected chi connectivity index (χ0v) is 14.7. The van der Waals surface area contributed by atoms with Crippen molar-refractivity contribution in [2.45, 2.75) is 6.92 Å². The van der Waals surface area contributed by atoms with Gasteiger partial charge in [-0.1, -0.05) is 15.9 Å². The number of ether oxygens (including phenoxy) is 1. The Balaban J connectivity index is 1.71. The average molecular weight is 378 g/mol. The molecule has 1 aromatic heterocycles. The van der Waals surface area contributed by atoms with Crippen molar-refractivity contribution in [2.24, 2.45) is 0 Å². The van der Waals surface area contributed by atoms with E-state index >= 15 is 0 Å². The lowest BCUT2D eigenvalue weighted by Crippen LogP contribution is -2.41. The Bertz CT molecular complexity index is 714. The number of amides is 1. The molecule has 0 saturated carbocycles. The summed E-state index contributed by atoms with van der Waals surface area (Å²) in [7, 11) is 0. The molecule has 0 atom stereocenters. The van der Waals surface area contributed by atoms with Gasteiger partial charge in [-0.2, -0.15) is 0 Å². The predicted octanol–water partition coefficient (Wildman–Crippen LogP) is 2.37. The number of benzene rings is 1. The van der Waals surface area contributed by atoms with Crippen LogP contribution in [0.1, 0.15) is 16.1 Å². The Labute approximate surface area is 144 Å². The fourth-order valence-corrected chi connectivity index (χ4v) is 3.13. The second-order valence-corrected chi connectivity index (χ2v) is 6.60. The van der Waals surface area contributed by atoms with Gasteiger partial charge in [0, 0.05) is 41.7 Å². The third-order valence-corrected chi connectivity index (χ3v) is 4.45. The molecule has 1 saturated heterocycles. The minimum atomic E-state index is -0.0492. The summed E-state index contributed by atoms with van der Waals surface area (Å²) in [5.41, 5.74) is 2.36. The van der Waals surface area contributed by atoms with Gasteiger partial charge in [-0.15, -0.1) is 0 Å². The van der Waals surface area contributed by atoms with Crippen LogP contribution in [-0.2, 0) is 4.74 Å². The van der Waals surface area contributed by atoms with Gasteiger partial charge in [0.2, 0.25) is 0 Å². The molecule has 1 fully saturated rings. The van der Waals surface area contributed by atoms with E-state index in [0.29, 0.717) is 12.1 Å². The highest BCUT2D eigenvalue weighted by Gasteiger charge is 2.14. The molecule has 5 nitrogen and oxygen atoms in total. The zero-order chi connectivity index (χ0) is 16.2. The number of aromatic nitrogens is 1. The molecule has 0 bridgehead atoms. The normalized spacial score (nSPS) is 15.7. The quantitative estimate of drug-likeness (QED) is 0.888. The van der Waals surface area contributed by atoms with E-state index in [2.05, 4.69) is 31.1 Å². The first-order valence-corrected chi connectivity index (χ1v) is 8.58. The summed E-state index contributed by atoms with van der Waals surface area (Å²) < 4.78 is 6.27. The first kappa shape index (κ1) is 16.4. The van der Waals surface area contributed by atoms with Crippen LogP contribution in [0, 0.1) is 6.92 Å². The molecule has 2 aromatic rings. The molecular formula is C17H20BrN3O2. The molecule has 23 heavy (non-hydrogen) atoms. The molecule has 0 radical (unpaired) electrons. The van der Waals surface area contributed by atoms with Crippen LogP contribution in [0.2, 0.25) is 0 Å². The second-order valence-electron chi connectivity index (χ2n) is 5.68. The topological polar surface area (TPSA) is 54.5 Å². The summed E-state index contributed by atoms with van der Waals surface area (Å²) >= 11 is 3.46. The largest absolute Gasteiger partial charge is 0.379 e. The molecular weight excluding hydrogens is 358 g/mol. The van der Waals surface area contributed by atoms with Crippen LogP contribution in [0.4, 0.5) is 0 Å². The summed E-state index contributed by atoms with van der Waals surface area (Å²) in [6.07, 6.45) is 0. The standard InChI is InChI=1S/C17H20BrN3O2/c1-12-10-15(14-11-13(18)2-3-16(14)20-12)17(22)19-4-5-21-6-8-23-9-7-21/h2-3,10-11H,4-9H2,1H3,(H,19,22). The van der Waals surface area contributed by atoms with Gasteiger partial charge in [0.1, 0.15) is 0 Å². The zero-order valence-electron chi connectivity index (χ0n) is 13.1. The van der Waals surface area contributed by atoms with Crippen molar-refractivity contribution in [3.8, 4) is 0 Å². The number of morpholine rings is 1. The first-order valence-electron chi connectivity index (χ1n) is 7.79. The van der Waals surface area contributed by atoms with Gasteiger partial charge in [0.05, 0.1) is 24.3 Å². The molecule has 6 heteroatoms. The van der Waals surface area contributed by atoms with Gasteiger partial charge in [0.15, 0.2) is 0 Å². The number of nitrogens with one attached hydrogen (secondary N) is 1. The molecule has 0 aliphatic carbocycles. The van der Waals surface area contributed by atoms with E-state index in [0.717, 1.165) is 53.9 Å². The number of nitrogens with zero attached hydrogens (tertiary/aromatic N) is 2. The van der Waals surface area contributed by atoms with Crippen LogP contribution in [0.3, 0.4) is 0 Å². The molecule has 3 rings (SSSR count). The van der Waals surface area contributed by atoms with Crippen LogP contribution in [0.5, 0.6) is 0 Å². The molecule has 1 aliphatic heterocycles. The number of carbonyl (C=O) groups is 1. The molecule has 0 spiro atoms. The van der Waals surface area contributed by atoms with Crippen molar-refractivity contribution < 1.29 is 9.53 Å². The van der Waals surface area contributed by atoms with Crippen LogP contribution in [0.25, 0.3) is 10.9 Å². The van der Waals surface area contributed by atoms with Crippen molar-refractivity contribution in [2.75, 3.05) is 39.4 Å². The summed E-state index contributed by atoms with van der Waals surface area (Å²) in [5.74, 6) is -0.0492. The molecule has 122 valence electrons. The second kappa shape index (κ2) is 7.38. The number of carbonyl (C=O) groups excluding carboxylic acids is 1. The number of fused-ring (bicyclic) bond motifs is 1. The Kier molecular flexibility index (Phi) is 5.25. The van der Waals surface area contributed by atoms with E-state index in [1.165, 1.54) is 0 Å². The summed E-state index contributed by atoms with van der Waals surface area (Å²) in [6, 6.07) is 7.66. The molecule has 1 aromatic carbocycles. The maximum atomic E-state index is 12.6. The molecule has 2 heterocycles. The van der Waals surface area contributed by atoms with E-state index in [4.69, 9.17) is 4.74 Å². The van der Waals surface area contributed by atoms with Crippen molar-refractivity contribution in [3.05, 3.63) is 40.0 Å². The van der Waals surface area contributed by atoms with E-state index in [1.807, 2.05) is 31.2 Å². The SMILES string of the molecule is Cc1cc(C(=O)NCCN2CCOCC2)c2cc(Br)ccc2n1. The maximum Gasteiger partial charge on any atom is 0.252 e. The highest BCUT2D eigenvalue weighted by molar-refractivity contribution is 9.10. The van der Waals surface area contributed by atoms with E-state index < -0.39 is 0 Å². The Hall–Kier alpha value is -1.50. The van der Waals surface area contributed by atoms with Crippen molar-refractivity contribution in [1.82, 2.24) is 15.2 Å². The summed E-state index contributed by atoms with van der Waals surface area (Å²) in [5, 5.41) is 3.89. The van der Waals surface area contributed by atoms with Gasteiger partial charge in [0.25, 0.3) is 5.91 Å². The number of pyridine rings is 1. The molecule has 1 amide bonds.